The summed E-state index contributed by atoms with van der Waals surface area (Å²) >= 11 is 7.62. The highest BCUT2D eigenvalue weighted by Crippen LogP contribution is 2.46. The van der Waals surface area contributed by atoms with E-state index >= 15 is 0 Å². The van der Waals surface area contributed by atoms with Crippen LogP contribution in [0.2, 0.25) is 5.02 Å². The number of halogens is 3. The third-order valence-corrected chi connectivity index (χ3v) is 10.8. The summed E-state index contributed by atoms with van der Waals surface area (Å²) in [5, 5.41) is 22.0. The number of nitrogens with zero attached hydrogens (tertiary/aromatic N) is 7. The number of aromatic nitrogens is 4. The maximum absolute atomic E-state index is 13.9. The van der Waals surface area contributed by atoms with E-state index in [9.17, 15) is 28.7 Å². The molecule has 0 bridgehead atoms. The highest BCUT2D eigenvalue weighted by atomic mass is 35.5. The van der Waals surface area contributed by atoms with Crippen LogP contribution in [0.5, 0.6) is 5.75 Å². The van der Waals surface area contributed by atoms with Crippen LogP contribution in [-0.4, -0.2) is 80.2 Å². The molecule has 2 aliphatic rings. The van der Waals surface area contributed by atoms with Gasteiger partial charge in [0.15, 0.2) is 0 Å². The second kappa shape index (κ2) is 12.0. The van der Waals surface area contributed by atoms with Gasteiger partial charge >= 0.3 is 5.97 Å². The van der Waals surface area contributed by atoms with E-state index in [1.165, 1.54) is 28.3 Å². The monoisotopic (exact) mass is 705 g/mol. The third kappa shape index (κ3) is 5.46. The molecule has 2 fully saturated rings. The standard InChI is InChI=1S/C34H30ClF2N7O4S/c1-18-41-24-12-40-29(42-14-34(15-42)16-43(17-34)33(2,3)32(36)37)22(11-38)26(24)30(45)44(18)8-9-48-25-5-4-19(35)10-21(25)20-6-7-39-27-23(31(46)47)13-49-28(20)27/h4-7,10,12-13,32H,8-9,14-17H2,1-3H3,(H,46,47). The van der Waals surface area contributed by atoms with Crippen molar-refractivity contribution in [2.24, 2.45) is 5.41 Å². The second-order valence-corrected chi connectivity index (χ2v) is 14.4. The lowest BCUT2D eigenvalue weighted by molar-refractivity contribution is -0.131. The van der Waals surface area contributed by atoms with Gasteiger partial charge in [0.05, 0.1) is 45.0 Å². The third-order valence-electron chi connectivity index (χ3n) is 9.53. The van der Waals surface area contributed by atoms with Crippen molar-refractivity contribution in [2.75, 3.05) is 37.7 Å². The van der Waals surface area contributed by atoms with Crippen LogP contribution in [0.15, 0.2) is 46.8 Å². The van der Waals surface area contributed by atoms with Gasteiger partial charge in [-0.15, -0.1) is 11.3 Å². The molecule has 0 atom stereocenters. The number of pyridine rings is 2. The minimum atomic E-state index is -2.46. The smallest absolute Gasteiger partial charge is 0.338 e. The van der Waals surface area contributed by atoms with E-state index in [0.29, 0.717) is 75.5 Å². The number of rotatable bonds is 9. The summed E-state index contributed by atoms with van der Waals surface area (Å²) in [6.07, 6.45) is 0.572. The Kier molecular flexibility index (Phi) is 8.04. The number of hydrogen-bond donors (Lipinski definition) is 1. The Hall–Kier alpha value is -4.71. The Morgan fingerprint density at radius 1 is 1.20 bits per heavy atom. The molecule has 0 radical (unpaired) electrons. The van der Waals surface area contributed by atoms with Crippen LogP contribution in [-0.2, 0) is 6.54 Å². The Balaban J connectivity index is 1.13. The predicted octanol–water partition coefficient (Wildman–Crippen LogP) is 5.84. The van der Waals surface area contributed by atoms with Crippen LogP contribution in [0.3, 0.4) is 0 Å². The van der Waals surface area contributed by atoms with Crippen molar-refractivity contribution in [1.82, 2.24) is 24.4 Å². The van der Waals surface area contributed by atoms with Gasteiger partial charge in [0.25, 0.3) is 12.0 Å². The summed E-state index contributed by atoms with van der Waals surface area (Å²) in [4.78, 5) is 42.7. The van der Waals surface area contributed by atoms with Crippen molar-refractivity contribution in [3.63, 3.8) is 0 Å². The Morgan fingerprint density at radius 3 is 2.65 bits per heavy atom. The van der Waals surface area contributed by atoms with E-state index in [-0.39, 0.29) is 35.1 Å². The number of anilines is 1. The van der Waals surface area contributed by atoms with Crippen LogP contribution in [0.4, 0.5) is 14.6 Å². The number of likely N-dealkylation sites (tertiary alicyclic amines) is 1. The number of thiophene rings is 1. The van der Waals surface area contributed by atoms with Crippen molar-refractivity contribution >= 4 is 55.8 Å². The number of aromatic carboxylic acids is 1. The first kappa shape index (κ1) is 32.8. The quantitative estimate of drug-likeness (QED) is 0.199. The average Bonchev–Trinajstić information content (AvgIpc) is 3.46. The van der Waals surface area contributed by atoms with E-state index in [1.807, 2.05) is 4.90 Å². The summed E-state index contributed by atoms with van der Waals surface area (Å²) < 4.78 is 35.4. The van der Waals surface area contributed by atoms with Crippen molar-refractivity contribution in [2.45, 2.75) is 39.3 Å². The summed E-state index contributed by atoms with van der Waals surface area (Å²) in [7, 11) is 0. The van der Waals surface area contributed by atoms with Gasteiger partial charge in [-0.3, -0.25) is 19.2 Å². The van der Waals surface area contributed by atoms with Crippen LogP contribution >= 0.6 is 22.9 Å². The number of benzene rings is 1. The number of nitriles is 1. The number of carboxylic acids is 1. The molecular weight excluding hydrogens is 676 g/mol. The van der Waals surface area contributed by atoms with E-state index in [4.69, 9.17) is 16.3 Å². The first-order valence-corrected chi connectivity index (χ1v) is 16.7. The number of hydrogen-bond acceptors (Lipinski definition) is 10. The summed E-state index contributed by atoms with van der Waals surface area (Å²) in [6.45, 7) is 7.13. The van der Waals surface area contributed by atoms with Crippen molar-refractivity contribution in [1.29, 1.82) is 5.26 Å². The molecule has 2 saturated heterocycles. The van der Waals surface area contributed by atoms with E-state index in [0.717, 1.165) is 0 Å². The van der Waals surface area contributed by atoms with Gasteiger partial charge in [-0.2, -0.15) is 5.26 Å². The van der Waals surface area contributed by atoms with Gasteiger partial charge in [0.2, 0.25) is 0 Å². The molecule has 252 valence electrons. The van der Waals surface area contributed by atoms with Gasteiger partial charge in [0.1, 0.15) is 35.6 Å². The van der Waals surface area contributed by atoms with E-state index in [1.54, 1.807) is 55.3 Å². The Labute approximate surface area is 288 Å². The summed E-state index contributed by atoms with van der Waals surface area (Å²) in [5.74, 6) is 0.211. The van der Waals surface area contributed by atoms with Crippen LogP contribution in [0, 0.1) is 23.7 Å². The molecule has 1 spiro atoms. The first-order valence-electron chi connectivity index (χ1n) is 15.4. The van der Waals surface area contributed by atoms with Crippen molar-refractivity contribution < 1.29 is 23.4 Å². The molecule has 0 saturated carbocycles. The van der Waals surface area contributed by atoms with Crippen LogP contribution in [0.1, 0.15) is 35.6 Å². The molecule has 6 heterocycles. The maximum atomic E-state index is 13.9. The zero-order valence-electron chi connectivity index (χ0n) is 26.7. The Morgan fingerprint density at radius 2 is 1.96 bits per heavy atom. The fourth-order valence-corrected chi connectivity index (χ4v) is 7.92. The zero-order valence-corrected chi connectivity index (χ0v) is 28.3. The molecular formula is C34H30ClF2N7O4S. The van der Waals surface area contributed by atoms with Gasteiger partial charge in [0, 0.05) is 59.3 Å². The van der Waals surface area contributed by atoms with Gasteiger partial charge in [-0.1, -0.05) is 11.6 Å². The number of carboxylic acid groups (broad SMARTS) is 1. The van der Waals surface area contributed by atoms with Crippen LogP contribution in [0.25, 0.3) is 32.2 Å². The topological polar surface area (TPSA) is 137 Å². The van der Waals surface area contributed by atoms with Gasteiger partial charge in [-0.25, -0.2) is 23.5 Å². The Bertz CT molecular complexity index is 2250. The minimum Gasteiger partial charge on any atom is -0.491 e. The molecule has 0 unspecified atom stereocenters. The summed E-state index contributed by atoms with van der Waals surface area (Å²) in [6, 6.07) is 9.06. The number of fused-ring (bicyclic) bond motifs is 2. The van der Waals surface area contributed by atoms with Crippen LogP contribution < -0.4 is 15.2 Å². The molecule has 11 nitrogen and oxygen atoms in total. The fraction of sp³-hybridized carbons (Fsp3) is 0.353. The molecule has 4 aromatic heterocycles. The molecule has 7 rings (SSSR count). The minimum absolute atomic E-state index is 0.0710. The number of alkyl halides is 2. The highest BCUT2D eigenvalue weighted by Gasteiger charge is 2.57. The van der Waals surface area contributed by atoms with Crippen molar-refractivity contribution in [3.8, 4) is 22.9 Å². The lowest BCUT2D eigenvalue weighted by Gasteiger charge is -2.64. The predicted molar refractivity (Wildman–Crippen MR) is 182 cm³/mol. The number of carbonyl (C=O) groups is 1. The maximum Gasteiger partial charge on any atom is 0.338 e. The van der Waals surface area contributed by atoms with Gasteiger partial charge < -0.3 is 14.7 Å². The normalized spacial score (nSPS) is 15.8. The number of aryl methyl sites for hydroxylation is 1. The second-order valence-electron chi connectivity index (χ2n) is 13.1. The van der Waals surface area contributed by atoms with Gasteiger partial charge in [-0.05, 0) is 45.0 Å². The molecule has 0 amide bonds. The lowest BCUT2D eigenvalue weighted by Crippen LogP contribution is -2.76. The van der Waals surface area contributed by atoms with E-state index in [2.05, 4.69) is 21.0 Å². The number of ether oxygens (including phenoxy) is 1. The molecule has 1 N–H and O–H groups in total. The zero-order chi connectivity index (χ0) is 34.8. The largest absolute Gasteiger partial charge is 0.491 e. The highest BCUT2D eigenvalue weighted by molar-refractivity contribution is 7.18. The lowest BCUT2D eigenvalue weighted by atomic mass is 9.70. The molecule has 5 aromatic rings. The average molecular weight is 706 g/mol. The van der Waals surface area contributed by atoms with Crippen molar-refractivity contribution in [3.05, 3.63) is 74.4 Å². The molecule has 0 aliphatic carbocycles. The molecule has 2 aliphatic heterocycles. The fourth-order valence-electron chi connectivity index (χ4n) is 6.72. The molecule has 1 aromatic carbocycles. The summed E-state index contributed by atoms with van der Waals surface area (Å²) in [5.41, 5.74) is 0.499. The first-order chi connectivity index (χ1) is 23.3. The molecule has 49 heavy (non-hydrogen) atoms. The SMILES string of the molecule is Cc1nc2cnc(N3CC4(C3)CN(C(C)(C)C(F)F)C4)c(C#N)c2c(=O)n1CCOc1ccc(Cl)cc1-c1ccnc2c(C(=O)O)csc12. The molecule has 15 heteroatoms. The van der Waals surface area contributed by atoms with E-state index < -0.39 is 23.5 Å².